The molecule has 8 heteroatoms. The standard InChI is InChI=1S/C19H17F2N3O2S/c20-15-6-7-16(21)18(13-15)27(25,26)24-11-9-23(10-12-24)19-8-5-14-3-1-2-4-17(14)22-19/h1-8,13H,9-12H2. The third kappa shape index (κ3) is 3.38. The fourth-order valence-corrected chi connectivity index (χ4v) is 4.70. The van der Waals surface area contributed by atoms with Crippen molar-refractivity contribution in [3.05, 3.63) is 66.2 Å². The number of rotatable bonds is 3. The molecule has 5 nitrogen and oxygen atoms in total. The van der Waals surface area contributed by atoms with Crippen molar-refractivity contribution in [3.8, 4) is 0 Å². The highest BCUT2D eigenvalue weighted by molar-refractivity contribution is 7.89. The second-order valence-corrected chi connectivity index (χ2v) is 8.23. The zero-order valence-electron chi connectivity index (χ0n) is 14.3. The van der Waals surface area contributed by atoms with Crippen LogP contribution >= 0.6 is 0 Å². The van der Waals surface area contributed by atoms with Crippen LogP contribution in [0.5, 0.6) is 0 Å². The molecule has 0 spiro atoms. The average molecular weight is 389 g/mol. The molecule has 0 saturated carbocycles. The Morgan fingerprint density at radius 3 is 2.41 bits per heavy atom. The van der Waals surface area contributed by atoms with Crippen LogP contribution in [0.1, 0.15) is 0 Å². The van der Waals surface area contributed by atoms with Crippen LogP contribution < -0.4 is 4.90 Å². The average Bonchev–Trinajstić information content (AvgIpc) is 2.69. The first kappa shape index (κ1) is 17.8. The van der Waals surface area contributed by atoms with Crippen molar-refractivity contribution in [2.75, 3.05) is 31.1 Å². The van der Waals surface area contributed by atoms with Crippen molar-refractivity contribution in [2.24, 2.45) is 0 Å². The molecule has 2 heterocycles. The van der Waals surface area contributed by atoms with E-state index in [1.807, 2.05) is 41.3 Å². The van der Waals surface area contributed by atoms with Gasteiger partial charge in [-0.1, -0.05) is 18.2 Å². The molecule has 0 N–H and O–H groups in total. The minimum Gasteiger partial charge on any atom is -0.354 e. The molecule has 0 atom stereocenters. The van der Waals surface area contributed by atoms with Gasteiger partial charge in [0.25, 0.3) is 0 Å². The SMILES string of the molecule is O=S(=O)(c1cc(F)ccc1F)N1CCN(c2ccc3ccccc3n2)CC1. The van der Waals surface area contributed by atoms with E-state index in [9.17, 15) is 17.2 Å². The summed E-state index contributed by atoms with van der Waals surface area (Å²) in [5.41, 5.74) is 0.867. The quantitative estimate of drug-likeness (QED) is 0.691. The van der Waals surface area contributed by atoms with E-state index in [2.05, 4.69) is 4.98 Å². The van der Waals surface area contributed by atoms with Crippen LogP contribution in [0.2, 0.25) is 0 Å². The van der Waals surface area contributed by atoms with Crippen LogP contribution in [0.3, 0.4) is 0 Å². The lowest BCUT2D eigenvalue weighted by atomic mass is 10.2. The van der Waals surface area contributed by atoms with E-state index < -0.39 is 26.6 Å². The number of piperazine rings is 1. The maximum atomic E-state index is 13.9. The van der Waals surface area contributed by atoms with Gasteiger partial charge in [-0.2, -0.15) is 4.31 Å². The summed E-state index contributed by atoms with van der Waals surface area (Å²) >= 11 is 0. The van der Waals surface area contributed by atoms with Gasteiger partial charge in [0.15, 0.2) is 0 Å². The predicted molar refractivity (Wildman–Crippen MR) is 99.1 cm³/mol. The van der Waals surface area contributed by atoms with Gasteiger partial charge in [0.1, 0.15) is 22.3 Å². The van der Waals surface area contributed by atoms with Crippen LogP contribution in [-0.4, -0.2) is 43.9 Å². The molecule has 27 heavy (non-hydrogen) atoms. The van der Waals surface area contributed by atoms with Gasteiger partial charge in [-0.05, 0) is 36.4 Å². The number of para-hydroxylation sites is 1. The van der Waals surface area contributed by atoms with Crippen LogP contribution in [-0.2, 0) is 10.0 Å². The summed E-state index contributed by atoms with van der Waals surface area (Å²) in [5.74, 6) is -0.966. The lowest BCUT2D eigenvalue weighted by Crippen LogP contribution is -2.49. The number of nitrogens with zero attached hydrogens (tertiary/aromatic N) is 3. The number of fused-ring (bicyclic) bond motifs is 1. The molecule has 1 aliphatic rings. The Bertz CT molecular complexity index is 1100. The number of hydrogen-bond donors (Lipinski definition) is 0. The first-order chi connectivity index (χ1) is 12.9. The number of halogens is 2. The van der Waals surface area contributed by atoms with Crippen molar-refractivity contribution < 1.29 is 17.2 Å². The molecule has 4 rings (SSSR count). The molecule has 140 valence electrons. The molecule has 1 saturated heterocycles. The number of sulfonamides is 1. The second kappa shape index (κ2) is 6.86. The minimum absolute atomic E-state index is 0.173. The Morgan fingerprint density at radius 1 is 0.889 bits per heavy atom. The van der Waals surface area contributed by atoms with Gasteiger partial charge in [0, 0.05) is 31.6 Å². The van der Waals surface area contributed by atoms with Crippen LogP contribution in [0.4, 0.5) is 14.6 Å². The Labute approximate surface area is 155 Å². The Morgan fingerprint density at radius 2 is 1.63 bits per heavy atom. The smallest absolute Gasteiger partial charge is 0.246 e. The van der Waals surface area contributed by atoms with Gasteiger partial charge < -0.3 is 4.90 Å². The molecule has 0 radical (unpaired) electrons. The van der Waals surface area contributed by atoms with E-state index in [0.29, 0.717) is 13.1 Å². The van der Waals surface area contributed by atoms with E-state index in [-0.39, 0.29) is 13.1 Å². The Balaban J connectivity index is 1.53. The van der Waals surface area contributed by atoms with Crippen molar-refractivity contribution >= 4 is 26.7 Å². The summed E-state index contributed by atoms with van der Waals surface area (Å²) in [4.78, 5) is 5.98. The molecule has 3 aromatic rings. The van der Waals surface area contributed by atoms with Crippen LogP contribution in [0, 0.1) is 11.6 Å². The molecule has 0 aliphatic carbocycles. The summed E-state index contributed by atoms with van der Waals surface area (Å²) in [7, 11) is -4.08. The molecule has 1 aromatic heterocycles. The summed E-state index contributed by atoms with van der Waals surface area (Å²) in [6, 6.07) is 14.1. The Hall–Kier alpha value is -2.58. The lowest BCUT2D eigenvalue weighted by Gasteiger charge is -2.34. The normalized spacial score (nSPS) is 16.0. The second-order valence-electron chi connectivity index (χ2n) is 6.33. The first-order valence-corrected chi connectivity index (χ1v) is 9.95. The van der Waals surface area contributed by atoms with Gasteiger partial charge in [0.2, 0.25) is 10.0 Å². The van der Waals surface area contributed by atoms with Gasteiger partial charge in [-0.25, -0.2) is 22.2 Å². The third-order valence-electron chi connectivity index (χ3n) is 4.66. The maximum Gasteiger partial charge on any atom is 0.246 e. The van der Waals surface area contributed by atoms with Gasteiger partial charge in [-0.15, -0.1) is 0 Å². The predicted octanol–water partition coefficient (Wildman–Crippen LogP) is 3.02. The summed E-state index contributed by atoms with van der Waals surface area (Å²) in [6.07, 6.45) is 0. The zero-order chi connectivity index (χ0) is 19.0. The first-order valence-electron chi connectivity index (χ1n) is 8.51. The monoisotopic (exact) mass is 389 g/mol. The number of benzene rings is 2. The molecule has 0 bridgehead atoms. The molecule has 2 aromatic carbocycles. The molecule has 1 fully saturated rings. The van der Waals surface area contributed by atoms with Crippen molar-refractivity contribution in [1.82, 2.24) is 9.29 Å². The van der Waals surface area contributed by atoms with E-state index in [1.165, 1.54) is 4.31 Å². The van der Waals surface area contributed by atoms with E-state index in [4.69, 9.17) is 0 Å². The molecule has 1 aliphatic heterocycles. The fraction of sp³-hybridized carbons (Fsp3) is 0.211. The Kier molecular flexibility index (Phi) is 4.53. The van der Waals surface area contributed by atoms with Crippen molar-refractivity contribution in [1.29, 1.82) is 0 Å². The third-order valence-corrected chi connectivity index (χ3v) is 6.57. The molecular weight excluding hydrogens is 372 g/mol. The lowest BCUT2D eigenvalue weighted by molar-refractivity contribution is 0.381. The number of aromatic nitrogens is 1. The van der Waals surface area contributed by atoms with E-state index in [1.54, 1.807) is 0 Å². The molecular formula is C19H17F2N3O2S. The zero-order valence-corrected chi connectivity index (χ0v) is 15.2. The minimum atomic E-state index is -4.08. The fourth-order valence-electron chi connectivity index (χ4n) is 3.20. The number of pyridine rings is 1. The maximum absolute atomic E-state index is 13.9. The molecule has 0 amide bonds. The number of hydrogen-bond acceptors (Lipinski definition) is 4. The highest BCUT2D eigenvalue weighted by Crippen LogP contribution is 2.24. The van der Waals surface area contributed by atoms with Gasteiger partial charge in [-0.3, -0.25) is 0 Å². The number of anilines is 1. The topological polar surface area (TPSA) is 53.5 Å². The van der Waals surface area contributed by atoms with Crippen molar-refractivity contribution in [3.63, 3.8) is 0 Å². The highest BCUT2D eigenvalue weighted by atomic mass is 32.2. The summed E-state index contributed by atoms with van der Waals surface area (Å²) in [6.45, 7) is 1.18. The summed E-state index contributed by atoms with van der Waals surface area (Å²) in [5, 5.41) is 1.03. The van der Waals surface area contributed by atoms with Crippen LogP contribution in [0.15, 0.2) is 59.5 Å². The van der Waals surface area contributed by atoms with E-state index in [0.717, 1.165) is 34.9 Å². The van der Waals surface area contributed by atoms with Crippen molar-refractivity contribution in [2.45, 2.75) is 4.90 Å². The van der Waals surface area contributed by atoms with Crippen LogP contribution in [0.25, 0.3) is 10.9 Å². The van der Waals surface area contributed by atoms with Gasteiger partial charge >= 0.3 is 0 Å². The van der Waals surface area contributed by atoms with Gasteiger partial charge in [0.05, 0.1) is 5.52 Å². The largest absolute Gasteiger partial charge is 0.354 e. The molecule has 0 unspecified atom stereocenters. The highest BCUT2D eigenvalue weighted by Gasteiger charge is 2.31. The van der Waals surface area contributed by atoms with E-state index >= 15 is 0 Å². The summed E-state index contributed by atoms with van der Waals surface area (Å²) < 4.78 is 53.8.